The first-order chi connectivity index (χ1) is 10.2. The molecule has 0 saturated carbocycles. The normalized spacial score (nSPS) is 14.5. The van der Waals surface area contributed by atoms with Crippen molar-refractivity contribution in [3.8, 4) is 17.2 Å². The average Bonchev–Trinajstić information content (AvgIpc) is 3.04. The van der Waals surface area contributed by atoms with E-state index in [1.807, 2.05) is 6.20 Å². The van der Waals surface area contributed by atoms with Crippen LogP contribution in [0.1, 0.15) is 23.2 Å². The minimum absolute atomic E-state index is 0.141. The Bertz CT molecular complexity index is 508. The molecule has 5 nitrogen and oxygen atoms in total. The zero-order valence-corrected chi connectivity index (χ0v) is 12.7. The van der Waals surface area contributed by atoms with E-state index in [4.69, 9.17) is 14.2 Å². The molecular formula is C16H21NO4. The van der Waals surface area contributed by atoms with Crippen molar-refractivity contribution in [3.05, 3.63) is 30.0 Å². The summed E-state index contributed by atoms with van der Waals surface area (Å²) in [7, 11) is 4.60. The number of hydrogen-bond acceptors (Lipinski definition) is 5. The molecule has 1 saturated heterocycles. The predicted molar refractivity (Wildman–Crippen MR) is 80.4 cm³/mol. The molecular weight excluding hydrogens is 270 g/mol. The first kappa shape index (κ1) is 15.2. The number of ether oxygens (including phenoxy) is 3. The Hall–Kier alpha value is -2.17. The molecule has 0 aliphatic carbocycles. The van der Waals surface area contributed by atoms with Gasteiger partial charge in [-0.15, -0.1) is 0 Å². The fourth-order valence-corrected chi connectivity index (χ4v) is 2.40. The molecule has 1 aromatic carbocycles. The molecule has 1 aromatic rings. The second-order valence-corrected chi connectivity index (χ2v) is 4.83. The molecule has 0 unspecified atom stereocenters. The second-order valence-electron chi connectivity index (χ2n) is 4.83. The number of rotatable bonds is 6. The average molecular weight is 291 g/mol. The van der Waals surface area contributed by atoms with Gasteiger partial charge >= 0.3 is 0 Å². The van der Waals surface area contributed by atoms with Gasteiger partial charge in [-0.05, 0) is 12.8 Å². The third-order valence-corrected chi connectivity index (χ3v) is 3.54. The Kier molecular flexibility index (Phi) is 5.09. The van der Waals surface area contributed by atoms with Crippen molar-refractivity contribution in [1.29, 1.82) is 0 Å². The third-order valence-electron chi connectivity index (χ3n) is 3.54. The van der Waals surface area contributed by atoms with E-state index in [0.29, 0.717) is 22.8 Å². The number of hydrogen-bond donors (Lipinski definition) is 0. The summed E-state index contributed by atoms with van der Waals surface area (Å²) in [6.45, 7) is 2.00. The van der Waals surface area contributed by atoms with Crippen molar-refractivity contribution in [2.45, 2.75) is 12.8 Å². The zero-order valence-electron chi connectivity index (χ0n) is 12.7. The van der Waals surface area contributed by atoms with Crippen LogP contribution in [-0.4, -0.2) is 45.1 Å². The summed E-state index contributed by atoms with van der Waals surface area (Å²) in [6.07, 6.45) is 5.76. The van der Waals surface area contributed by atoms with Gasteiger partial charge in [0, 0.05) is 37.5 Å². The monoisotopic (exact) mass is 291 g/mol. The van der Waals surface area contributed by atoms with Gasteiger partial charge in [0.05, 0.1) is 21.3 Å². The summed E-state index contributed by atoms with van der Waals surface area (Å²) in [5.74, 6) is 1.34. The summed E-state index contributed by atoms with van der Waals surface area (Å²) in [6, 6.07) is 3.36. The van der Waals surface area contributed by atoms with Crippen molar-refractivity contribution >= 4 is 5.78 Å². The molecule has 0 atom stereocenters. The van der Waals surface area contributed by atoms with Gasteiger partial charge in [-0.3, -0.25) is 4.79 Å². The third kappa shape index (κ3) is 3.48. The van der Waals surface area contributed by atoms with Gasteiger partial charge in [0.15, 0.2) is 5.78 Å². The van der Waals surface area contributed by atoms with Crippen LogP contribution in [-0.2, 0) is 0 Å². The Morgan fingerprint density at radius 3 is 2.10 bits per heavy atom. The number of benzene rings is 1. The molecule has 1 fully saturated rings. The van der Waals surface area contributed by atoms with Crippen LogP contribution in [0.4, 0.5) is 0 Å². The van der Waals surface area contributed by atoms with Gasteiger partial charge in [-0.2, -0.15) is 0 Å². The van der Waals surface area contributed by atoms with E-state index in [0.717, 1.165) is 13.1 Å². The molecule has 5 heteroatoms. The predicted octanol–water partition coefficient (Wildman–Crippen LogP) is 2.50. The van der Waals surface area contributed by atoms with E-state index >= 15 is 0 Å². The van der Waals surface area contributed by atoms with Crippen molar-refractivity contribution in [2.24, 2.45) is 0 Å². The van der Waals surface area contributed by atoms with E-state index in [2.05, 4.69) is 4.90 Å². The van der Waals surface area contributed by atoms with Gasteiger partial charge in [-0.1, -0.05) is 0 Å². The Labute approximate surface area is 125 Å². The second kappa shape index (κ2) is 7.02. The maximum absolute atomic E-state index is 12.4. The van der Waals surface area contributed by atoms with Crippen LogP contribution in [0.25, 0.3) is 0 Å². The van der Waals surface area contributed by atoms with Gasteiger partial charge in [0.2, 0.25) is 0 Å². The van der Waals surface area contributed by atoms with Crippen LogP contribution in [0, 0.1) is 0 Å². The largest absolute Gasteiger partial charge is 0.496 e. The lowest BCUT2D eigenvalue weighted by Crippen LogP contribution is -2.12. The molecule has 0 radical (unpaired) electrons. The Morgan fingerprint density at radius 1 is 1.05 bits per heavy atom. The fourth-order valence-electron chi connectivity index (χ4n) is 2.40. The molecule has 21 heavy (non-hydrogen) atoms. The number of likely N-dealkylation sites (tertiary alicyclic amines) is 1. The molecule has 1 aliphatic rings. The summed E-state index contributed by atoms with van der Waals surface area (Å²) >= 11 is 0. The highest BCUT2D eigenvalue weighted by Gasteiger charge is 2.19. The van der Waals surface area contributed by atoms with Gasteiger partial charge in [0.1, 0.15) is 22.8 Å². The van der Waals surface area contributed by atoms with E-state index in [-0.39, 0.29) is 5.78 Å². The number of allylic oxidation sites excluding steroid dienone is 1. The van der Waals surface area contributed by atoms with Crippen molar-refractivity contribution in [3.63, 3.8) is 0 Å². The molecule has 1 aliphatic heterocycles. The van der Waals surface area contributed by atoms with Gasteiger partial charge in [-0.25, -0.2) is 0 Å². The molecule has 0 spiro atoms. The smallest absolute Gasteiger partial charge is 0.194 e. The van der Waals surface area contributed by atoms with E-state index in [1.165, 1.54) is 27.1 Å². The molecule has 0 amide bonds. The van der Waals surface area contributed by atoms with Crippen LogP contribution in [0.5, 0.6) is 17.2 Å². The minimum atomic E-state index is -0.141. The summed E-state index contributed by atoms with van der Waals surface area (Å²) < 4.78 is 15.8. The number of carbonyl (C=O) groups is 1. The molecule has 0 bridgehead atoms. The first-order valence-electron chi connectivity index (χ1n) is 6.96. The van der Waals surface area contributed by atoms with Crippen molar-refractivity contribution in [1.82, 2.24) is 4.90 Å². The van der Waals surface area contributed by atoms with E-state index in [9.17, 15) is 4.79 Å². The van der Waals surface area contributed by atoms with Gasteiger partial charge in [0.25, 0.3) is 0 Å². The topological polar surface area (TPSA) is 48.0 Å². The van der Waals surface area contributed by atoms with E-state index < -0.39 is 0 Å². The highest BCUT2D eigenvalue weighted by molar-refractivity contribution is 6.08. The SMILES string of the molecule is COc1cc(OC)c(C(=O)/C=C/N2CCCC2)c(OC)c1. The lowest BCUT2D eigenvalue weighted by molar-refractivity contribution is 0.103. The zero-order chi connectivity index (χ0) is 15.2. The lowest BCUT2D eigenvalue weighted by atomic mass is 10.1. The van der Waals surface area contributed by atoms with Crippen LogP contribution in [0.3, 0.4) is 0 Å². The maximum Gasteiger partial charge on any atom is 0.194 e. The van der Waals surface area contributed by atoms with Crippen molar-refractivity contribution in [2.75, 3.05) is 34.4 Å². The van der Waals surface area contributed by atoms with Crippen molar-refractivity contribution < 1.29 is 19.0 Å². The van der Waals surface area contributed by atoms with E-state index in [1.54, 1.807) is 25.3 Å². The number of methoxy groups -OCH3 is 3. The molecule has 114 valence electrons. The summed E-state index contributed by atoms with van der Waals surface area (Å²) in [5.41, 5.74) is 0.413. The highest BCUT2D eigenvalue weighted by Crippen LogP contribution is 2.34. The standard InChI is InChI=1S/C16H21NO4/c1-19-12-10-14(20-2)16(15(11-12)21-3)13(18)6-9-17-7-4-5-8-17/h6,9-11H,4-5,7-8H2,1-3H3/b9-6+. The Balaban J connectivity index is 2.29. The lowest BCUT2D eigenvalue weighted by Gasteiger charge is -2.14. The van der Waals surface area contributed by atoms with Gasteiger partial charge < -0.3 is 19.1 Å². The molecule has 1 heterocycles. The quantitative estimate of drug-likeness (QED) is 0.595. The van der Waals surface area contributed by atoms with Crippen LogP contribution >= 0.6 is 0 Å². The Morgan fingerprint density at radius 2 is 1.62 bits per heavy atom. The molecule has 2 rings (SSSR count). The number of ketones is 1. The maximum atomic E-state index is 12.4. The molecule has 0 aromatic heterocycles. The molecule has 0 N–H and O–H groups in total. The minimum Gasteiger partial charge on any atom is -0.496 e. The fraction of sp³-hybridized carbons (Fsp3) is 0.438. The first-order valence-corrected chi connectivity index (χ1v) is 6.96. The number of carbonyl (C=O) groups excluding carboxylic acids is 1. The van der Waals surface area contributed by atoms with Crippen LogP contribution in [0.15, 0.2) is 24.4 Å². The highest BCUT2D eigenvalue weighted by atomic mass is 16.5. The number of nitrogens with zero attached hydrogens (tertiary/aromatic N) is 1. The summed E-state index contributed by atoms with van der Waals surface area (Å²) in [5, 5.41) is 0. The van der Waals surface area contributed by atoms with Crippen LogP contribution < -0.4 is 14.2 Å². The van der Waals surface area contributed by atoms with Crippen LogP contribution in [0.2, 0.25) is 0 Å². The summed E-state index contributed by atoms with van der Waals surface area (Å²) in [4.78, 5) is 14.6.